The van der Waals surface area contributed by atoms with Crippen LogP contribution in [-0.2, 0) is 11.3 Å². The van der Waals surface area contributed by atoms with Gasteiger partial charge in [-0.1, -0.05) is 31.2 Å². The van der Waals surface area contributed by atoms with Crippen molar-refractivity contribution >= 4 is 17.7 Å². The van der Waals surface area contributed by atoms with Gasteiger partial charge in [0.1, 0.15) is 0 Å². The highest BCUT2D eigenvalue weighted by molar-refractivity contribution is 7.98. The molecule has 0 saturated heterocycles. The fraction of sp³-hybridized carbons (Fsp3) is 0.533. The smallest absolute Gasteiger partial charge is 0.310 e. The van der Waals surface area contributed by atoms with E-state index in [1.165, 1.54) is 11.3 Å². The van der Waals surface area contributed by atoms with E-state index in [0.717, 1.165) is 18.7 Å². The van der Waals surface area contributed by atoms with Crippen LogP contribution in [0.25, 0.3) is 0 Å². The molecule has 0 saturated carbocycles. The van der Waals surface area contributed by atoms with Crippen molar-refractivity contribution in [2.24, 2.45) is 5.92 Å². The van der Waals surface area contributed by atoms with Gasteiger partial charge in [-0.15, -0.1) is 0 Å². The zero-order chi connectivity index (χ0) is 14.3. The number of carboxylic acids is 1. The summed E-state index contributed by atoms with van der Waals surface area (Å²) in [6, 6.07) is 7.81. The summed E-state index contributed by atoms with van der Waals surface area (Å²) in [4.78, 5) is 10.9. The second-order valence-corrected chi connectivity index (χ2v) is 5.90. The van der Waals surface area contributed by atoms with E-state index in [1.807, 2.05) is 36.0 Å². The Bertz CT molecular complexity index is 392. The van der Waals surface area contributed by atoms with Gasteiger partial charge in [0.15, 0.2) is 0 Å². The van der Waals surface area contributed by atoms with E-state index in [1.54, 1.807) is 6.92 Å². The van der Waals surface area contributed by atoms with E-state index in [-0.39, 0.29) is 0 Å². The number of carboxylic acid groups (broad SMARTS) is 1. The van der Waals surface area contributed by atoms with Crippen LogP contribution >= 0.6 is 11.8 Å². The number of aliphatic carboxylic acids is 1. The average Bonchev–Trinajstić information content (AvgIpc) is 2.39. The van der Waals surface area contributed by atoms with E-state index in [0.29, 0.717) is 5.92 Å². The summed E-state index contributed by atoms with van der Waals surface area (Å²) >= 11 is 1.87. The number of carbonyl (C=O) groups is 1. The van der Waals surface area contributed by atoms with E-state index in [4.69, 9.17) is 5.11 Å². The number of nitrogens with one attached hydrogen (secondary N) is 1. The highest BCUT2D eigenvalue weighted by atomic mass is 32.2. The van der Waals surface area contributed by atoms with Gasteiger partial charge in [0.2, 0.25) is 0 Å². The topological polar surface area (TPSA) is 49.3 Å². The van der Waals surface area contributed by atoms with Gasteiger partial charge in [-0.25, -0.2) is 0 Å². The van der Waals surface area contributed by atoms with Crippen LogP contribution < -0.4 is 5.32 Å². The molecular weight excluding hydrogens is 258 g/mol. The minimum absolute atomic E-state index is 0.441. The Hall–Kier alpha value is -1.00. The Morgan fingerprint density at radius 3 is 2.47 bits per heavy atom. The summed E-state index contributed by atoms with van der Waals surface area (Å²) in [6.45, 7) is 5.79. The summed E-state index contributed by atoms with van der Waals surface area (Å²) in [5.74, 6) is 0.615. The molecule has 2 atom stereocenters. The van der Waals surface area contributed by atoms with E-state index < -0.39 is 11.9 Å². The third kappa shape index (κ3) is 5.66. The van der Waals surface area contributed by atoms with Gasteiger partial charge >= 0.3 is 5.97 Å². The van der Waals surface area contributed by atoms with Crippen molar-refractivity contribution in [1.29, 1.82) is 0 Å². The highest BCUT2D eigenvalue weighted by Gasteiger charge is 2.12. The van der Waals surface area contributed by atoms with Crippen molar-refractivity contribution in [1.82, 2.24) is 5.32 Å². The molecule has 2 N–H and O–H groups in total. The summed E-state index contributed by atoms with van der Waals surface area (Å²) in [6.07, 6.45) is 2.12. The Kier molecular flexibility index (Phi) is 6.95. The molecule has 1 aromatic carbocycles. The van der Waals surface area contributed by atoms with Crippen molar-refractivity contribution in [3.8, 4) is 0 Å². The SMILES string of the molecule is CSCC(C)CNCc1ccc(C(C)C(=O)O)cc1. The van der Waals surface area contributed by atoms with Gasteiger partial charge in [0, 0.05) is 6.54 Å². The highest BCUT2D eigenvalue weighted by Crippen LogP contribution is 2.16. The van der Waals surface area contributed by atoms with Crippen LogP contribution in [0.5, 0.6) is 0 Å². The predicted molar refractivity (Wildman–Crippen MR) is 81.7 cm³/mol. The Balaban J connectivity index is 2.42. The van der Waals surface area contributed by atoms with Crippen LogP contribution in [0.4, 0.5) is 0 Å². The third-order valence-corrected chi connectivity index (χ3v) is 4.03. The summed E-state index contributed by atoms with van der Waals surface area (Å²) in [5, 5.41) is 12.4. The monoisotopic (exact) mass is 281 g/mol. The van der Waals surface area contributed by atoms with Crippen LogP contribution in [0.15, 0.2) is 24.3 Å². The van der Waals surface area contributed by atoms with Crippen molar-refractivity contribution in [3.63, 3.8) is 0 Å². The fourth-order valence-electron chi connectivity index (χ4n) is 1.87. The first-order valence-corrected chi connectivity index (χ1v) is 7.95. The van der Waals surface area contributed by atoms with Crippen molar-refractivity contribution in [2.75, 3.05) is 18.6 Å². The van der Waals surface area contributed by atoms with Crippen LogP contribution in [0.3, 0.4) is 0 Å². The first-order chi connectivity index (χ1) is 9.04. The first kappa shape index (κ1) is 16.1. The molecule has 19 heavy (non-hydrogen) atoms. The molecule has 1 rings (SSSR count). The lowest BCUT2D eigenvalue weighted by atomic mass is 10.00. The standard InChI is InChI=1S/C15H23NO2S/c1-11(10-19-3)8-16-9-13-4-6-14(7-5-13)12(2)15(17)18/h4-7,11-12,16H,8-10H2,1-3H3,(H,17,18). The number of thioether (sulfide) groups is 1. The second kappa shape index (κ2) is 8.23. The maximum Gasteiger partial charge on any atom is 0.310 e. The molecule has 1 aromatic rings. The molecule has 0 aliphatic heterocycles. The average molecular weight is 281 g/mol. The van der Waals surface area contributed by atoms with Gasteiger partial charge < -0.3 is 10.4 Å². The van der Waals surface area contributed by atoms with E-state index in [2.05, 4.69) is 18.5 Å². The number of hydrogen-bond donors (Lipinski definition) is 2. The molecule has 0 aromatic heterocycles. The van der Waals surface area contributed by atoms with Crippen molar-refractivity contribution in [3.05, 3.63) is 35.4 Å². The molecular formula is C15H23NO2S. The molecule has 2 unspecified atom stereocenters. The quantitative estimate of drug-likeness (QED) is 0.769. The Morgan fingerprint density at radius 2 is 1.95 bits per heavy atom. The molecule has 0 spiro atoms. The zero-order valence-electron chi connectivity index (χ0n) is 11.8. The molecule has 0 fully saturated rings. The lowest BCUT2D eigenvalue weighted by molar-refractivity contribution is -0.138. The number of hydrogen-bond acceptors (Lipinski definition) is 3. The van der Waals surface area contributed by atoms with Gasteiger partial charge in [0.05, 0.1) is 5.92 Å². The maximum atomic E-state index is 10.9. The number of rotatable bonds is 8. The molecule has 0 heterocycles. The molecule has 0 radical (unpaired) electrons. The van der Waals surface area contributed by atoms with Gasteiger partial charge in [-0.2, -0.15) is 11.8 Å². The molecule has 0 bridgehead atoms. The Morgan fingerprint density at radius 1 is 1.32 bits per heavy atom. The molecule has 106 valence electrons. The van der Waals surface area contributed by atoms with Crippen molar-refractivity contribution in [2.45, 2.75) is 26.3 Å². The fourth-order valence-corrected chi connectivity index (χ4v) is 2.56. The minimum atomic E-state index is -0.781. The molecule has 0 aliphatic rings. The molecule has 0 amide bonds. The molecule has 4 heteroatoms. The third-order valence-electron chi connectivity index (χ3n) is 3.12. The van der Waals surface area contributed by atoms with Crippen LogP contribution in [-0.4, -0.2) is 29.6 Å². The number of benzene rings is 1. The normalized spacial score (nSPS) is 14.1. The van der Waals surface area contributed by atoms with E-state index in [9.17, 15) is 4.79 Å². The molecule has 0 aliphatic carbocycles. The van der Waals surface area contributed by atoms with Gasteiger partial charge in [-0.05, 0) is 42.5 Å². The van der Waals surface area contributed by atoms with Gasteiger partial charge in [0.25, 0.3) is 0 Å². The first-order valence-electron chi connectivity index (χ1n) is 6.56. The minimum Gasteiger partial charge on any atom is -0.481 e. The lowest BCUT2D eigenvalue weighted by Gasteiger charge is -2.12. The molecule has 3 nitrogen and oxygen atoms in total. The summed E-state index contributed by atoms with van der Waals surface area (Å²) in [5.41, 5.74) is 2.05. The summed E-state index contributed by atoms with van der Waals surface area (Å²) < 4.78 is 0. The van der Waals surface area contributed by atoms with Crippen LogP contribution in [0.1, 0.15) is 30.9 Å². The van der Waals surface area contributed by atoms with Crippen LogP contribution in [0, 0.1) is 5.92 Å². The second-order valence-electron chi connectivity index (χ2n) is 4.99. The Labute approximate surface area is 119 Å². The largest absolute Gasteiger partial charge is 0.481 e. The summed E-state index contributed by atoms with van der Waals surface area (Å²) in [7, 11) is 0. The van der Waals surface area contributed by atoms with Gasteiger partial charge in [-0.3, -0.25) is 4.79 Å². The maximum absolute atomic E-state index is 10.9. The van der Waals surface area contributed by atoms with E-state index >= 15 is 0 Å². The predicted octanol–water partition coefficient (Wildman–Crippen LogP) is 2.96. The van der Waals surface area contributed by atoms with Crippen molar-refractivity contribution < 1.29 is 9.90 Å². The lowest BCUT2D eigenvalue weighted by Crippen LogP contribution is -2.22. The van der Waals surface area contributed by atoms with Crippen LogP contribution in [0.2, 0.25) is 0 Å². The zero-order valence-corrected chi connectivity index (χ0v) is 12.7.